The maximum Gasteiger partial charge on any atom is 0.326 e. The number of carbonyl (C=O) groups excluding carboxylic acids is 1. The molecule has 9 heteroatoms. The summed E-state index contributed by atoms with van der Waals surface area (Å²) in [7, 11) is 1.82. The van der Waals surface area contributed by atoms with E-state index in [9.17, 15) is 14.7 Å². The number of hydrogen-bond acceptors (Lipinski definition) is 7. The van der Waals surface area contributed by atoms with Gasteiger partial charge in [0.2, 0.25) is 0 Å². The summed E-state index contributed by atoms with van der Waals surface area (Å²) < 4.78 is 10.7. The fraction of sp³-hybridized carbons (Fsp3) is 0.304. The molecular weight excluding hydrogens is 412 g/mol. The molecular formula is C23H26N4O5. The Kier molecular flexibility index (Phi) is 7.43. The molecule has 168 valence electrons. The van der Waals surface area contributed by atoms with Gasteiger partial charge in [-0.3, -0.25) is 4.79 Å². The van der Waals surface area contributed by atoms with Crippen molar-refractivity contribution in [3.8, 4) is 5.75 Å². The van der Waals surface area contributed by atoms with Crippen LogP contribution in [0.15, 0.2) is 47.0 Å². The molecule has 9 nitrogen and oxygen atoms in total. The first-order valence-corrected chi connectivity index (χ1v) is 10.2. The Morgan fingerprint density at radius 2 is 1.91 bits per heavy atom. The van der Waals surface area contributed by atoms with Gasteiger partial charge in [-0.1, -0.05) is 23.4 Å². The highest BCUT2D eigenvalue weighted by atomic mass is 16.5. The molecule has 0 spiro atoms. The molecule has 0 saturated heterocycles. The van der Waals surface area contributed by atoms with Crippen molar-refractivity contribution in [2.24, 2.45) is 0 Å². The number of nitrogens with zero attached hydrogens (tertiary/aromatic N) is 2. The first-order valence-electron chi connectivity index (χ1n) is 10.2. The molecule has 2 heterocycles. The Morgan fingerprint density at radius 1 is 1.16 bits per heavy atom. The van der Waals surface area contributed by atoms with Gasteiger partial charge < -0.3 is 25.0 Å². The number of nitrogens with one attached hydrogen (secondary N) is 2. The van der Waals surface area contributed by atoms with Gasteiger partial charge in [0.1, 0.15) is 28.9 Å². The second kappa shape index (κ2) is 10.4. The molecule has 0 bridgehead atoms. The summed E-state index contributed by atoms with van der Waals surface area (Å²) in [6.45, 7) is 3.70. The van der Waals surface area contributed by atoms with Crippen molar-refractivity contribution in [3.63, 3.8) is 0 Å². The zero-order valence-electron chi connectivity index (χ0n) is 18.2. The minimum Gasteiger partial charge on any atom is -0.493 e. The number of carbonyl (C=O) groups is 2. The Morgan fingerprint density at radius 3 is 2.53 bits per heavy atom. The van der Waals surface area contributed by atoms with E-state index in [1.54, 1.807) is 38.1 Å². The molecule has 32 heavy (non-hydrogen) atoms. The molecule has 0 unspecified atom stereocenters. The standard InChI is InChI=1S/C23H26N4O5/c1-14-21(15(2)32-27-14)22(28)26-19(23(29)30)13-16-7-9-18(10-8-16)31-12-11-17-5-4-6-20(24-3)25-17/h4-10,19H,11-13H2,1-3H3,(H,24,25)(H,26,28)(H,29,30)/t19-/m0/s1. The quantitative estimate of drug-likeness (QED) is 0.441. The Labute approximate surface area is 185 Å². The van der Waals surface area contributed by atoms with Crippen LogP contribution in [-0.2, 0) is 17.6 Å². The van der Waals surface area contributed by atoms with Crippen LogP contribution in [0.4, 0.5) is 5.82 Å². The van der Waals surface area contributed by atoms with Gasteiger partial charge in [-0.15, -0.1) is 0 Å². The largest absolute Gasteiger partial charge is 0.493 e. The van der Waals surface area contributed by atoms with E-state index in [1.165, 1.54) is 0 Å². The maximum absolute atomic E-state index is 12.5. The number of carboxylic acids is 1. The monoisotopic (exact) mass is 438 g/mol. The van der Waals surface area contributed by atoms with Crippen LogP contribution in [0.25, 0.3) is 0 Å². The Bertz CT molecular complexity index is 1060. The van der Waals surface area contributed by atoms with E-state index in [4.69, 9.17) is 9.26 Å². The molecule has 0 fully saturated rings. The van der Waals surface area contributed by atoms with Gasteiger partial charge >= 0.3 is 5.97 Å². The first-order chi connectivity index (χ1) is 15.4. The summed E-state index contributed by atoms with van der Waals surface area (Å²) >= 11 is 0. The van der Waals surface area contributed by atoms with Crippen molar-refractivity contribution in [2.45, 2.75) is 32.7 Å². The fourth-order valence-electron chi connectivity index (χ4n) is 3.23. The molecule has 0 aliphatic heterocycles. The molecule has 3 aromatic rings. The third-order valence-electron chi connectivity index (χ3n) is 4.92. The lowest BCUT2D eigenvalue weighted by atomic mass is 10.0. The zero-order valence-corrected chi connectivity index (χ0v) is 18.2. The van der Waals surface area contributed by atoms with Crippen molar-refractivity contribution in [1.29, 1.82) is 0 Å². The van der Waals surface area contributed by atoms with E-state index < -0.39 is 17.9 Å². The van der Waals surface area contributed by atoms with Crippen molar-refractivity contribution in [1.82, 2.24) is 15.5 Å². The Balaban J connectivity index is 1.55. The summed E-state index contributed by atoms with van der Waals surface area (Å²) in [4.78, 5) is 28.6. The van der Waals surface area contributed by atoms with Gasteiger partial charge in [-0.25, -0.2) is 9.78 Å². The van der Waals surface area contributed by atoms with Gasteiger partial charge in [0.25, 0.3) is 5.91 Å². The predicted octanol–water partition coefficient (Wildman–Crippen LogP) is 2.78. The Hall–Kier alpha value is -3.88. The van der Waals surface area contributed by atoms with Crippen molar-refractivity contribution >= 4 is 17.7 Å². The van der Waals surface area contributed by atoms with Gasteiger partial charge in [0.05, 0.1) is 12.3 Å². The minimum absolute atomic E-state index is 0.130. The van der Waals surface area contributed by atoms with Crippen LogP contribution >= 0.6 is 0 Å². The van der Waals surface area contributed by atoms with Crippen LogP contribution in [0.1, 0.15) is 33.1 Å². The number of amides is 1. The predicted molar refractivity (Wildman–Crippen MR) is 118 cm³/mol. The molecule has 2 aromatic heterocycles. The average molecular weight is 438 g/mol. The molecule has 1 atom stereocenters. The van der Waals surface area contributed by atoms with Gasteiger partial charge in [-0.2, -0.15) is 0 Å². The van der Waals surface area contributed by atoms with E-state index in [0.717, 1.165) is 17.1 Å². The number of rotatable bonds is 10. The van der Waals surface area contributed by atoms with Crippen molar-refractivity contribution < 1.29 is 24.0 Å². The number of hydrogen-bond donors (Lipinski definition) is 3. The summed E-state index contributed by atoms with van der Waals surface area (Å²) in [6.07, 6.45) is 0.789. The summed E-state index contributed by atoms with van der Waals surface area (Å²) in [5, 5.41) is 18.8. The fourth-order valence-corrected chi connectivity index (χ4v) is 3.23. The smallest absolute Gasteiger partial charge is 0.326 e. The minimum atomic E-state index is -1.12. The molecule has 3 N–H and O–H groups in total. The van der Waals surface area contributed by atoms with Crippen LogP contribution in [0.3, 0.4) is 0 Å². The lowest BCUT2D eigenvalue weighted by Gasteiger charge is -2.15. The second-order valence-corrected chi connectivity index (χ2v) is 7.27. The number of carboxylic acid groups (broad SMARTS) is 1. The van der Waals surface area contributed by atoms with Crippen LogP contribution in [-0.4, -0.2) is 46.8 Å². The summed E-state index contributed by atoms with van der Waals surface area (Å²) in [5.41, 5.74) is 2.35. The average Bonchev–Trinajstić information content (AvgIpc) is 3.12. The normalized spacial score (nSPS) is 11.6. The van der Waals surface area contributed by atoms with E-state index in [2.05, 4.69) is 20.8 Å². The van der Waals surface area contributed by atoms with Crippen LogP contribution in [0.2, 0.25) is 0 Å². The lowest BCUT2D eigenvalue weighted by Crippen LogP contribution is -2.42. The molecule has 1 amide bonds. The van der Waals surface area contributed by atoms with E-state index >= 15 is 0 Å². The molecule has 0 radical (unpaired) electrons. The van der Waals surface area contributed by atoms with Gasteiger partial charge in [0.15, 0.2) is 0 Å². The number of pyridine rings is 1. The highest BCUT2D eigenvalue weighted by Crippen LogP contribution is 2.16. The van der Waals surface area contributed by atoms with Gasteiger partial charge in [0, 0.05) is 25.6 Å². The second-order valence-electron chi connectivity index (χ2n) is 7.27. The summed E-state index contributed by atoms with van der Waals surface area (Å²) in [6, 6.07) is 11.8. The van der Waals surface area contributed by atoms with E-state index in [0.29, 0.717) is 30.2 Å². The number of ether oxygens (including phenoxy) is 1. The topological polar surface area (TPSA) is 127 Å². The molecule has 0 aliphatic carbocycles. The number of aryl methyl sites for hydroxylation is 2. The molecule has 3 rings (SSSR count). The van der Waals surface area contributed by atoms with Crippen LogP contribution in [0, 0.1) is 13.8 Å². The highest BCUT2D eigenvalue weighted by Gasteiger charge is 2.25. The molecule has 1 aromatic carbocycles. The first kappa shape index (κ1) is 22.8. The summed E-state index contributed by atoms with van der Waals surface area (Å²) in [5.74, 6) is 0.177. The third-order valence-corrected chi connectivity index (χ3v) is 4.92. The number of aromatic nitrogens is 2. The number of benzene rings is 1. The third kappa shape index (κ3) is 5.84. The van der Waals surface area contributed by atoms with Crippen molar-refractivity contribution in [3.05, 3.63) is 70.7 Å². The van der Waals surface area contributed by atoms with Crippen LogP contribution in [0.5, 0.6) is 5.75 Å². The van der Waals surface area contributed by atoms with E-state index in [-0.39, 0.29) is 12.0 Å². The SMILES string of the molecule is CNc1cccc(CCOc2ccc(C[C@H](NC(=O)c3c(C)noc3C)C(=O)O)cc2)n1. The maximum atomic E-state index is 12.5. The van der Waals surface area contributed by atoms with E-state index in [1.807, 2.05) is 25.2 Å². The van der Waals surface area contributed by atoms with Crippen molar-refractivity contribution in [2.75, 3.05) is 19.0 Å². The molecule has 0 saturated carbocycles. The number of anilines is 1. The zero-order chi connectivity index (χ0) is 23.1. The molecule has 0 aliphatic rings. The van der Waals surface area contributed by atoms with Gasteiger partial charge in [-0.05, 0) is 43.7 Å². The van der Waals surface area contributed by atoms with Crippen LogP contribution < -0.4 is 15.4 Å². The number of aliphatic carboxylic acids is 1. The lowest BCUT2D eigenvalue weighted by molar-refractivity contribution is -0.139. The highest BCUT2D eigenvalue weighted by molar-refractivity contribution is 5.98.